The molecule has 1 aliphatic heterocycles. The maximum atomic E-state index is 13.1. The summed E-state index contributed by atoms with van der Waals surface area (Å²) in [7, 11) is 0. The van der Waals surface area contributed by atoms with E-state index in [0.717, 1.165) is 6.42 Å². The number of carboxylic acid groups (broad SMARTS) is 1. The summed E-state index contributed by atoms with van der Waals surface area (Å²) in [5, 5.41) is 13.4. The second kappa shape index (κ2) is 11.9. The van der Waals surface area contributed by atoms with Gasteiger partial charge in [-0.05, 0) is 31.1 Å². The van der Waals surface area contributed by atoms with Gasteiger partial charge in [-0.3, -0.25) is 24.2 Å². The van der Waals surface area contributed by atoms with E-state index in [2.05, 4.69) is 10.7 Å². The number of nitrogens with zero attached hydrogens (tertiary/aromatic N) is 1. The fourth-order valence-electron chi connectivity index (χ4n) is 3.56. The van der Waals surface area contributed by atoms with Crippen LogP contribution in [-0.4, -0.2) is 52.3 Å². The van der Waals surface area contributed by atoms with Crippen LogP contribution in [-0.2, 0) is 19.2 Å². The fourth-order valence-corrected chi connectivity index (χ4v) is 3.56. The topological polar surface area (TPSA) is 116 Å². The molecular formula is C21H37N3O5. The Morgan fingerprint density at radius 1 is 1.14 bits per heavy atom. The molecule has 166 valence electrons. The Hall–Kier alpha value is -1.96. The SMILES string of the molecule is CCC(=O)C(NC(=O)[C@H]1CCCNN1C(=O)[C@@H](CCC(C)C)CC(=O)O)C(C)C. The number of ketones is 1. The highest BCUT2D eigenvalue weighted by molar-refractivity contribution is 5.93. The van der Waals surface area contributed by atoms with Crippen molar-refractivity contribution >= 4 is 23.6 Å². The van der Waals surface area contributed by atoms with Crippen LogP contribution in [0.2, 0.25) is 0 Å². The van der Waals surface area contributed by atoms with E-state index in [4.69, 9.17) is 0 Å². The molecule has 2 amide bonds. The average molecular weight is 412 g/mol. The van der Waals surface area contributed by atoms with Crippen molar-refractivity contribution in [3.8, 4) is 0 Å². The highest BCUT2D eigenvalue weighted by Gasteiger charge is 2.37. The van der Waals surface area contributed by atoms with Crippen LogP contribution in [0.5, 0.6) is 0 Å². The molecule has 0 saturated carbocycles. The third-order valence-corrected chi connectivity index (χ3v) is 5.31. The molecule has 3 atom stereocenters. The van der Waals surface area contributed by atoms with Gasteiger partial charge in [-0.25, -0.2) is 5.43 Å². The lowest BCUT2D eigenvalue weighted by atomic mass is 9.93. The first-order valence-corrected chi connectivity index (χ1v) is 10.7. The number of rotatable bonds is 11. The minimum absolute atomic E-state index is 0.0457. The Kier molecular flexibility index (Phi) is 10.3. The molecule has 0 aliphatic carbocycles. The van der Waals surface area contributed by atoms with E-state index < -0.39 is 24.0 Å². The lowest BCUT2D eigenvalue weighted by molar-refractivity contribution is -0.153. The molecule has 1 aliphatic rings. The van der Waals surface area contributed by atoms with E-state index in [0.29, 0.717) is 38.1 Å². The number of carbonyl (C=O) groups is 4. The third-order valence-electron chi connectivity index (χ3n) is 5.31. The number of nitrogens with one attached hydrogen (secondary N) is 2. The van der Waals surface area contributed by atoms with Crippen molar-refractivity contribution in [3.63, 3.8) is 0 Å². The molecular weight excluding hydrogens is 374 g/mol. The normalized spacial score (nSPS) is 19.1. The van der Waals surface area contributed by atoms with E-state index in [9.17, 15) is 24.3 Å². The maximum absolute atomic E-state index is 13.1. The molecule has 0 spiro atoms. The number of Topliss-reactive ketones (excluding diaryl/α,β-unsaturated/α-hetero) is 1. The van der Waals surface area contributed by atoms with E-state index >= 15 is 0 Å². The second-order valence-electron chi connectivity index (χ2n) is 8.59. The first-order chi connectivity index (χ1) is 13.6. The number of hydrogen-bond acceptors (Lipinski definition) is 5. The van der Waals surface area contributed by atoms with E-state index in [-0.39, 0.29) is 29.9 Å². The summed E-state index contributed by atoms with van der Waals surface area (Å²) in [6.45, 7) is 10.1. The van der Waals surface area contributed by atoms with Crippen molar-refractivity contribution in [2.75, 3.05) is 6.54 Å². The zero-order valence-corrected chi connectivity index (χ0v) is 18.4. The van der Waals surface area contributed by atoms with Gasteiger partial charge in [-0.15, -0.1) is 0 Å². The summed E-state index contributed by atoms with van der Waals surface area (Å²) < 4.78 is 0. The van der Waals surface area contributed by atoms with Crippen LogP contribution in [0.4, 0.5) is 0 Å². The number of aliphatic carboxylic acids is 1. The average Bonchev–Trinajstić information content (AvgIpc) is 2.67. The van der Waals surface area contributed by atoms with Crippen molar-refractivity contribution in [1.29, 1.82) is 0 Å². The number of hydrazine groups is 1. The number of carboxylic acids is 1. The molecule has 0 bridgehead atoms. The van der Waals surface area contributed by atoms with E-state index in [1.807, 2.05) is 27.7 Å². The first kappa shape index (κ1) is 25.1. The highest BCUT2D eigenvalue weighted by atomic mass is 16.4. The second-order valence-corrected chi connectivity index (χ2v) is 8.59. The highest BCUT2D eigenvalue weighted by Crippen LogP contribution is 2.22. The minimum atomic E-state index is -1.03. The standard InChI is InChI=1S/C21H37N3O5/c1-6-17(25)19(14(4)5)23-20(28)16-8-7-11-22-24(16)21(29)15(12-18(26)27)10-9-13(2)3/h13-16,19,22H,6-12H2,1-5H3,(H,23,28)(H,26,27)/t15-,16+,19?/m0/s1. The van der Waals surface area contributed by atoms with Gasteiger partial charge in [0.2, 0.25) is 11.8 Å². The number of amides is 2. The Labute approximate surface area is 173 Å². The quantitative estimate of drug-likeness (QED) is 0.480. The molecule has 3 N–H and O–H groups in total. The van der Waals surface area contributed by atoms with Crippen LogP contribution in [0.1, 0.15) is 73.1 Å². The zero-order chi connectivity index (χ0) is 22.1. The van der Waals surface area contributed by atoms with Gasteiger partial charge < -0.3 is 10.4 Å². The van der Waals surface area contributed by atoms with Gasteiger partial charge in [-0.2, -0.15) is 0 Å². The first-order valence-electron chi connectivity index (χ1n) is 10.7. The molecule has 1 unspecified atom stereocenters. The Morgan fingerprint density at radius 2 is 1.79 bits per heavy atom. The molecule has 8 heteroatoms. The van der Waals surface area contributed by atoms with Crippen LogP contribution >= 0.6 is 0 Å². The van der Waals surface area contributed by atoms with Gasteiger partial charge in [0, 0.05) is 18.9 Å². The van der Waals surface area contributed by atoms with Crippen LogP contribution in [0.25, 0.3) is 0 Å². The van der Waals surface area contributed by atoms with Crippen molar-refractivity contribution in [1.82, 2.24) is 15.8 Å². The van der Waals surface area contributed by atoms with Gasteiger partial charge in [-0.1, -0.05) is 41.0 Å². The zero-order valence-electron chi connectivity index (χ0n) is 18.4. The van der Waals surface area contributed by atoms with Gasteiger partial charge >= 0.3 is 5.97 Å². The fraction of sp³-hybridized carbons (Fsp3) is 0.810. The van der Waals surface area contributed by atoms with Gasteiger partial charge in [0.1, 0.15) is 6.04 Å². The molecule has 0 aromatic heterocycles. The summed E-state index contributed by atoms with van der Waals surface area (Å²) in [6.07, 6.45) is 2.43. The van der Waals surface area contributed by atoms with E-state index in [1.54, 1.807) is 6.92 Å². The molecule has 8 nitrogen and oxygen atoms in total. The summed E-state index contributed by atoms with van der Waals surface area (Å²) in [4.78, 5) is 49.5. The molecule has 1 fully saturated rings. The lowest BCUT2D eigenvalue weighted by Gasteiger charge is -2.38. The van der Waals surface area contributed by atoms with Crippen molar-refractivity contribution < 1.29 is 24.3 Å². The molecule has 0 aromatic carbocycles. The maximum Gasteiger partial charge on any atom is 0.304 e. The monoisotopic (exact) mass is 411 g/mol. The van der Waals surface area contributed by atoms with Gasteiger partial charge in [0.25, 0.3) is 0 Å². The summed E-state index contributed by atoms with van der Waals surface area (Å²) >= 11 is 0. The van der Waals surface area contributed by atoms with Gasteiger partial charge in [0.15, 0.2) is 5.78 Å². The molecule has 1 saturated heterocycles. The third kappa shape index (κ3) is 7.76. The van der Waals surface area contributed by atoms with E-state index in [1.165, 1.54) is 5.01 Å². The van der Waals surface area contributed by atoms with Crippen molar-refractivity contribution in [2.24, 2.45) is 17.8 Å². The smallest absolute Gasteiger partial charge is 0.304 e. The molecule has 0 radical (unpaired) electrons. The molecule has 1 heterocycles. The lowest BCUT2D eigenvalue weighted by Crippen LogP contribution is -2.61. The van der Waals surface area contributed by atoms with Crippen LogP contribution < -0.4 is 10.7 Å². The largest absolute Gasteiger partial charge is 0.481 e. The molecule has 1 rings (SSSR count). The predicted molar refractivity (Wildman–Crippen MR) is 110 cm³/mol. The van der Waals surface area contributed by atoms with Crippen LogP contribution in [0.15, 0.2) is 0 Å². The summed E-state index contributed by atoms with van der Waals surface area (Å²) in [5.74, 6) is -2.21. The van der Waals surface area contributed by atoms with Crippen LogP contribution in [0, 0.1) is 17.8 Å². The summed E-state index contributed by atoms with van der Waals surface area (Å²) in [6, 6.07) is -1.35. The predicted octanol–water partition coefficient (Wildman–Crippen LogP) is 2.13. The molecule has 0 aromatic rings. The number of hydrogen-bond donors (Lipinski definition) is 3. The Balaban J connectivity index is 2.97. The van der Waals surface area contributed by atoms with Gasteiger partial charge in [0.05, 0.1) is 12.5 Å². The Morgan fingerprint density at radius 3 is 2.31 bits per heavy atom. The Bertz CT molecular complexity index is 591. The number of carbonyl (C=O) groups excluding carboxylic acids is 3. The van der Waals surface area contributed by atoms with Crippen molar-refractivity contribution in [2.45, 2.75) is 85.2 Å². The molecule has 29 heavy (non-hydrogen) atoms. The summed E-state index contributed by atoms with van der Waals surface area (Å²) in [5.41, 5.74) is 2.98. The van der Waals surface area contributed by atoms with Crippen LogP contribution in [0.3, 0.4) is 0 Å². The minimum Gasteiger partial charge on any atom is -0.481 e. The van der Waals surface area contributed by atoms with Crippen molar-refractivity contribution in [3.05, 3.63) is 0 Å².